The number of carbonyl (C=O) groups excluding carboxylic acids is 2. The van der Waals surface area contributed by atoms with Gasteiger partial charge in [-0.25, -0.2) is 9.97 Å². The van der Waals surface area contributed by atoms with E-state index in [1.165, 1.54) is 11.8 Å². The third kappa shape index (κ3) is 4.20. The zero-order valence-corrected chi connectivity index (χ0v) is 16.8. The van der Waals surface area contributed by atoms with Crippen LogP contribution >= 0.6 is 23.1 Å². The summed E-state index contributed by atoms with van der Waals surface area (Å²) in [4.78, 5) is 34.5. The van der Waals surface area contributed by atoms with Crippen LogP contribution < -0.4 is 16.4 Å². The van der Waals surface area contributed by atoms with Crippen molar-refractivity contribution >= 4 is 56.6 Å². The Bertz CT molecular complexity index is 1010. The number of benzene rings is 1. The molecule has 0 aliphatic heterocycles. The topological polar surface area (TPSA) is 110 Å². The summed E-state index contributed by atoms with van der Waals surface area (Å²) in [6.45, 7) is 4.03. The number of thioether (sulfide) groups is 1. The smallest absolute Gasteiger partial charge is 0.251 e. The van der Waals surface area contributed by atoms with Crippen LogP contribution in [0.3, 0.4) is 0 Å². The number of anilines is 2. The van der Waals surface area contributed by atoms with Gasteiger partial charge in [0, 0.05) is 23.2 Å². The Labute approximate surface area is 164 Å². The molecule has 2 aromatic heterocycles. The van der Waals surface area contributed by atoms with E-state index in [9.17, 15) is 9.59 Å². The molecule has 0 aliphatic rings. The van der Waals surface area contributed by atoms with Crippen LogP contribution in [0.2, 0.25) is 0 Å². The lowest BCUT2D eigenvalue weighted by Gasteiger charge is -2.06. The van der Waals surface area contributed by atoms with Crippen molar-refractivity contribution in [2.24, 2.45) is 0 Å². The lowest BCUT2D eigenvalue weighted by atomic mass is 10.2. The SMILES string of the molecule is CNC(=O)c1ccc(NC(=O)CSc2nc(N)c3c(C)c(C)sc3n2)cc1. The highest BCUT2D eigenvalue weighted by Crippen LogP contribution is 2.33. The molecular formula is C18H19N5O2S2. The number of thiophene rings is 1. The largest absolute Gasteiger partial charge is 0.383 e. The van der Waals surface area contributed by atoms with Crippen molar-refractivity contribution in [3.63, 3.8) is 0 Å². The lowest BCUT2D eigenvalue weighted by Crippen LogP contribution is -2.18. The standard InChI is InChI=1S/C18H19N5O2S2/c1-9-10(2)27-17-14(9)15(19)22-18(23-17)26-8-13(24)21-12-6-4-11(5-7-12)16(25)20-3/h4-7H,8H2,1-3H3,(H,20,25)(H,21,24)(H2,19,22,23). The van der Waals surface area contributed by atoms with Crippen molar-refractivity contribution in [1.82, 2.24) is 15.3 Å². The van der Waals surface area contributed by atoms with Gasteiger partial charge in [0.05, 0.1) is 11.1 Å². The number of aryl methyl sites for hydroxylation is 2. The van der Waals surface area contributed by atoms with Crippen molar-refractivity contribution in [1.29, 1.82) is 0 Å². The molecule has 0 unspecified atom stereocenters. The number of nitrogens with one attached hydrogen (secondary N) is 2. The summed E-state index contributed by atoms with van der Waals surface area (Å²) in [7, 11) is 1.57. The molecule has 0 spiro atoms. The van der Waals surface area contributed by atoms with Crippen LogP contribution in [0, 0.1) is 13.8 Å². The molecule has 0 fully saturated rings. The first-order valence-electron chi connectivity index (χ1n) is 8.17. The van der Waals surface area contributed by atoms with E-state index in [-0.39, 0.29) is 17.6 Å². The molecule has 1 aromatic carbocycles. The third-order valence-electron chi connectivity index (χ3n) is 4.03. The molecule has 3 aromatic rings. The van der Waals surface area contributed by atoms with Crippen LogP contribution in [0.5, 0.6) is 0 Å². The monoisotopic (exact) mass is 401 g/mol. The molecule has 0 radical (unpaired) electrons. The number of aromatic nitrogens is 2. The van der Waals surface area contributed by atoms with Gasteiger partial charge in [-0.2, -0.15) is 0 Å². The zero-order valence-electron chi connectivity index (χ0n) is 15.1. The lowest BCUT2D eigenvalue weighted by molar-refractivity contribution is -0.113. The average Bonchev–Trinajstić information content (AvgIpc) is 2.94. The van der Waals surface area contributed by atoms with E-state index < -0.39 is 0 Å². The summed E-state index contributed by atoms with van der Waals surface area (Å²) in [5, 5.41) is 6.70. The highest BCUT2D eigenvalue weighted by Gasteiger charge is 2.14. The van der Waals surface area contributed by atoms with Gasteiger partial charge in [-0.3, -0.25) is 9.59 Å². The van der Waals surface area contributed by atoms with E-state index in [0.717, 1.165) is 20.7 Å². The molecule has 0 saturated carbocycles. The number of nitrogens with zero attached hydrogens (tertiary/aromatic N) is 2. The molecule has 0 bridgehead atoms. The third-order valence-corrected chi connectivity index (χ3v) is 5.97. The quantitative estimate of drug-likeness (QED) is 0.448. The zero-order chi connectivity index (χ0) is 19.6. The van der Waals surface area contributed by atoms with Gasteiger partial charge < -0.3 is 16.4 Å². The predicted molar refractivity (Wildman–Crippen MR) is 110 cm³/mol. The fourth-order valence-corrected chi connectivity index (χ4v) is 4.25. The Morgan fingerprint density at radius 2 is 1.89 bits per heavy atom. The van der Waals surface area contributed by atoms with E-state index in [0.29, 0.717) is 22.2 Å². The van der Waals surface area contributed by atoms with Crippen molar-refractivity contribution < 1.29 is 9.59 Å². The molecular weight excluding hydrogens is 382 g/mol. The molecule has 2 heterocycles. The van der Waals surface area contributed by atoms with Crippen molar-refractivity contribution in [2.45, 2.75) is 19.0 Å². The van der Waals surface area contributed by atoms with Gasteiger partial charge in [-0.05, 0) is 43.7 Å². The van der Waals surface area contributed by atoms with Crippen molar-refractivity contribution in [2.75, 3.05) is 23.9 Å². The maximum absolute atomic E-state index is 12.2. The molecule has 0 saturated heterocycles. The Kier molecular flexibility index (Phi) is 5.62. The van der Waals surface area contributed by atoms with E-state index in [4.69, 9.17) is 5.73 Å². The molecule has 140 valence electrons. The van der Waals surface area contributed by atoms with Crippen molar-refractivity contribution in [3.05, 3.63) is 40.3 Å². The number of nitrogens with two attached hydrogens (primary N) is 1. The first kappa shape index (κ1) is 19.1. The second-order valence-electron chi connectivity index (χ2n) is 5.85. The maximum atomic E-state index is 12.2. The Hall–Kier alpha value is -2.65. The van der Waals surface area contributed by atoms with Crippen LogP contribution in [0.25, 0.3) is 10.2 Å². The summed E-state index contributed by atoms with van der Waals surface area (Å²) in [5.41, 5.74) is 8.31. The van der Waals surface area contributed by atoms with Crippen LogP contribution in [0.1, 0.15) is 20.8 Å². The van der Waals surface area contributed by atoms with Crippen LogP contribution in [-0.4, -0.2) is 34.6 Å². The number of amides is 2. The van der Waals surface area contributed by atoms with E-state index in [1.54, 1.807) is 42.6 Å². The van der Waals surface area contributed by atoms with E-state index >= 15 is 0 Å². The molecule has 3 rings (SSSR count). The van der Waals surface area contributed by atoms with E-state index in [1.807, 2.05) is 13.8 Å². The van der Waals surface area contributed by atoms with Crippen LogP contribution in [-0.2, 0) is 4.79 Å². The Morgan fingerprint density at radius 1 is 1.19 bits per heavy atom. The minimum absolute atomic E-state index is 0.158. The molecule has 0 atom stereocenters. The molecule has 27 heavy (non-hydrogen) atoms. The van der Waals surface area contributed by atoms with Gasteiger partial charge in [0.1, 0.15) is 10.6 Å². The van der Waals surface area contributed by atoms with Crippen molar-refractivity contribution in [3.8, 4) is 0 Å². The highest BCUT2D eigenvalue weighted by atomic mass is 32.2. The predicted octanol–water partition coefficient (Wildman–Crippen LogP) is 2.98. The van der Waals surface area contributed by atoms with Gasteiger partial charge in [0.15, 0.2) is 5.16 Å². The molecule has 7 nitrogen and oxygen atoms in total. The van der Waals surface area contributed by atoms with Gasteiger partial charge in [0.2, 0.25) is 5.91 Å². The number of carbonyl (C=O) groups is 2. The van der Waals surface area contributed by atoms with Gasteiger partial charge in [-0.15, -0.1) is 11.3 Å². The van der Waals surface area contributed by atoms with Crippen LogP contribution in [0.4, 0.5) is 11.5 Å². The number of fused-ring (bicyclic) bond motifs is 1. The number of hydrogen-bond acceptors (Lipinski definition) is 7. The second-order valence-corrected chi connectivity index (χ2v) is 7.99. The summed E-state index contributed by atoms with van der Waals surface area (Å²) >= 11 is 2.80. The highest BCUT2D eigenvalue weighted by molar-refractivity contribution is 7.99. The fourth-order valence-electron chi connectivity index (χ4n) is 2.50. The first-order valence-corrected chi connectivity index (χ1v) is 9.97. The number of rotatable bonds is 5. The fraction of sp³-hybridized carbons (Fsp3) is 0.222. The van der Waals surface area contributed by atoms with Crippen LogP contribution in [0.15, 0.2) is 29.4 Å². The molecule has 0 aliphatic carbocycles. The summed E-state index contributed by atoms with van der Waals surface area (Å²) in [5.74, 6) is 0.238. The summed E-state index contributed by atoms with van der Waals surface area (Å²) in [6, 6.07) is 6.68. The number of nitrogen functional groups attached to an aromatic ring is 1. The van der Waals surface area contributed by atoms with Gasteiger partial charge in [0.25, 0.3) is 5.91 Å². The minimum Gasteiger partial charge on any atom is -0.383 e. The number of hydrogen-bond donors (Lipinski definition) is 3. The summed E-state index contributed by atoms with van der Waals surface area (Å²) in [6.07, 6.45) is 0. The molecule has 2 amide bonds. The van der Waals surface area contributed by atoms with E-state index in [2.05, 4.69) is 20.6 Å². The normalized spacial score (nSPS) is 10.8. The second kappa shape index (κ2) is 7.93. The summed E-state index contributed by atoms with van der Waals surface area (Å²) < 4.78 is 0. The average molecular weight is 402 g/mol. The molecule has 9 heteroatoms. The molecule has 4 N–H and O–H groups in total. The Morgan fingerprint density at radius 3 is 2.56 bits per heavy atom. The maximum Gasteiger partial charge on any atom is 0.251 e. The van der Waals surface area contributed by atoms with Gasteiger partial charge in [-0.1, -0.05) is 11.8 Å². The minimum atomic E-state index is -0.187. The first-order chi connectivity index (χ1) is 12.9. The van der Waals surface area contributed by atoms with Gasteiger partial charge >= 0.3 is 0 Å². The Balaban J connectivity index is 1.64.